The summed E-state index contributed by atoms with van der Waals surface area (Å²) in [5.41, 5.74) is 1.46. The number of likely N-dealkylation sites (tertiary alicyclic amines) is 1. The van der Waals surface area contributed by atoms with Gasteiger partial charge in [0.2, 0.25) is 0 Å². The van der Waals surface area contributed by atoms with Gasteiger partial charge in [0.05, 0.1) is 18.0 Å². The lowest BCUT2D eigenvalue weighted by atomic mass is 9.94. The fourth-order valence-electron chi connectivity index (χ4n) is 3.30. The highest BCUT2D eigenvalue weighted by molar-refractivity contribution is 5.93. The molecule has 0 aliphatic carbocycles. The Morgan fingerprint density at radius 3 is 3.04 bits per heavy atom. The van der Waals surface area contributed by atoms with Crippen LogP contribution in [0.4, 0.5) is 0 Å². The number of hydrogen-bond acceptors (Lipinski definition) is 5. The minimum absolute atomic E-state index is 0.0284. The maximum Gasteiger partial charge on any atom is 0.255 e. The Kier molecular flexibility index (Phi) is 3.90. The zero-order valence-corrected chi connectivity index (χ0v) is 13.2. The molecular weight excluding hydrogens is 304 g/mol. The van der Waals surface area contributed by atoms with Gasteiger partial charge >= 0.3 is 0 Å². The predicted molar refractivity (Wildman–Crippen MR) is 87.4 cm³/mol. The Morgan fingerprint density at radius 1 is 1.21 bits per heavy atom. The summed E-state index contributed by atoms with van der Waals surface area (Å²) in [5, 5.41) is 16.0. The van der Waals surface area contributed by atoms with Gasteiger partial charge in [-0.2, -0.15) is 10.2 Å². The van der Waals surface area contributed by atoms with Crippen molar-refractivity contribution in [1.82, 2.24) is 29.7 Å². The van der Waals surface area contributed by atoms with Crippen LogP contribution in [0.1, 0.15) is 29.0 Å². The summed E-state index contributed by atoms with van der Waals surface area (Å²) < 4.78 is 2.02. The smallest absolute Gasteiger partial charge is 0.255 e. The molecule has 1 aliphatic rings. The summed E-state index contributed by atoms with van der Waals surface area (Å²) in [5.74, 6) is 1.38. The monoisotopic (exact) mass is 322 g/mol. The van der Waals surface area contributed by atoms with Crippen molar-refractivity contribution in [3.8, 4) is 0 Å². The number of fused-ring (bicyclic) bond motifs is 1. The third-order valence-corrected chi connectivity index (χ3v) is 4.49. The third-order valence-electron chi connectivity index (χ3n) is 4.49. The SMILES string of the molecule is O=C(c1ccnnc1)N1CCCC(Cc2nnc3ccccn23)C1. The van der Waals surface area contributed by atoms with E-state index in [1.54, 1.807) is 12.3 Å². The van der Waals surface area contributed by atoms with Crippen LogP contribution in [0.2, 0.25) is 0 Å². The second-order valence-corrected chi connectivity index (χ2v) is 6.14. The molecule has 3 aromatic heterocycles. The molecule has 3 aromatic rings. The van der Waals surface area contributed by atoms with Crippen molar-refractivity contribution >= 4 is 11.6 Å². The number of amides is 1. The number of carbonyl (C=O) groups is 1. The second-order valence-electron chi connectivity index (χ2n) is 6.14. The van der Waals surface area contributed by atoms with Crippen LogP contribution < -0.4 is 0 Å². The third kappa shape index (κ3) is 2.84. The Balaban J connectivity index is 1.48. The van der Waals surface area contributed by atoms with Crippen LogP contribution in [0.25, 0.3) is 5.65 Å². The van der Waals surface area contributed by atoms with E-state index in [1.807, 2.05) is 33.7 Å². The van der Waals surface area contributed by atoms with Gasteiger partial charge in [0.1, 0.15) is 5.82 Å². The van der Waals surface area contributed by atoms with E-state index in [0.717, 1.165) is 43.8 Å². The number of rotatable bonds is 3. The van der Waals surface area contributed by atoms with E-state index in [-0.39, 0.29) is 5.91 Å². The summed E-state index contributed by atoms with van der Waals surface area (Å²) in [6, 6.07) is 7.60. The topological polar surface area (TPSA) is 76.3 Å². The lowest BCUT2D eigenvalue weighted by Crippen LogP contribution is -2.40. The molecule has 0 saturated carbocycles. The van der Waals surface area contributed by atoms with Gasteiger partial charge in [0.15, 0.2) is 5.65 Å². The highest BCUT2D eigenvalue weighted by Gasteiger charge is 2.26. The molecule has 1 amide bonds. The van der Waals surface area contributed by atoms with Gasteiger partial charge in [-0.3, -0.25) is 9.20 Å². The number of piperidine rings is 1. The minimum Gasteiger partial charge on any atom is -0.338 e. The lowest BCUT2D eigenvalue weighted by Gasteiger charge is -2.32. The first kappa shape index (κ1) is 14.7. The molecule has 1 saturated heterocycles. The van der Waals surface area contributed by atoms with Crippen LogP contribution in [0.3, 0.4) is 0 Å². The average Bonchev–Trinajstić information content (AvgIpc) is 3.05. The largest absolute Gasteiger partial charge is 0.338 e. The maximum atomic E-state index is 12.6. The first-order valence-electron chi connectivity index (χ1n) is 8.16. The van der Waals surface area contributed by atoms with E-state index >= 15 is 0 Å². The molecule has 122 valence electrons. The summed E-state index contributed by atoms with van der Waals surface area (Å²) in [6.45, 7) is 1.53. The Labute approximate surface area is 139 Å². The van der Waals surface area contributed by atoms with Crippen molar-refractivity contribution in [3.05, 3.63) is 54.2 Å². The van der Waals surface area contributed by atoms with Crippen molar-refractivity contribution in [1.29, 1.82) is 0 Å². The first-order chi connectivity index (χ1) is 11.8. The van der Waals surface area contributed by atoms with Gasteiger partial charge < -0.3 is 4.90 Å². The Bertz CT molecular complexity index is 846. The zero-order chi connectivity index (χ0) is 16.4. The van der Waals surface area contributed by atoms with E-state index in [0.29, 0.717) is 11.5 Å². The van der Waals surface area contributed by atoms with Crippen molar-refractivity contribution in [3.63, 3.8) is 0 Å². The molecule has 1 aliphatic heterocycles. The highest BCUT2D eigenvalue weighted by Crippen LogP contribution is 2.22. The normalized spacial score (nSPS) is 18.0. The summed E-state index contributed by atoms with van der Waals surface area (Å²) in [4.78, 5) is 14.5. The molecule has 0 aromatic carbocycles. The van der Waals surface area contributed by atoms with Crippen molar-refractivity contribution < 1.29 is 4.79 Å². The molecule has 4 rings (SSSR count). The zero-order valence-electron chi connectivity index (χ0n) is 13.2. The average molecular weight is 322 g/mol. The molecule has 1 unspecified atom stereocenters. The number of nitrogens with zero attached hydrogens (tertiary/aromatic N) is 6. The predicted octanol–water partition coefficient (Wildman–Crippen LogP) is 1.61. The van der Waals surface area contributed by atoms with Crippen LogP contribution >= 0.6 is 0 Å². The van der Waals surface area contributed by atoms with Crippen molar-refractivity contribution in [2.45, 2.75) is 19.3 Å². The summed E-state index contributed by atoms with van der Waals surface area (Å²) >= 11 is 0. The second kappa shape index (κ2) is 6.35. The van der Waals surface area contributed by atoms with E-state index in [2.05, 4.69) is 20.4 Å². The standard InChI is InChI=1S/C17H18N6O/c24-17(14-6-7-18-19-11-14)22-8-3-4-13(12-22)10-16-21-20-15-5-1-2-9-23(15)16/h1-2,5-7,9,11,13H,3-4,8,10,12H2. The van der Waals surface area contributed by atoms with E-state index in [9.17, 15) is 4.79 Å². The molecule has 1 fully saturated rings. The van der Waals surface area contributed by atoms with Crippen LogP contribution in [0, 0.1) is 5.92 Å². The fraction of sp³-hybridized carbons (Fsp3) is 0.353. The molecule has 0 N–H and O–H groups in total. The van der Waals surface area contributed by atoms with Crippen LogP contribution in [0.15, 0.2) is 42.9 Å². The minimum atomic E-state index is 0.0284. The Hall–Kier alpha value is -2.83. The molecule has 0 radical (unpaired) electrons. The Morgan fingerprint density at radius 2 is 2.17 bits per heavy atom. The van der Waals surface area contributed by atoms with Gasteiger partial charge in [0, 0.05) is 25.7 Å². The highest BCUT2D eigenvalue weighted by atomic mass is 16.2. The number of aromatic nitrogens is 5. The van der Waals surface area contributed by atoms with Crippen LogP contribution in [-0.4, -0.2) is 48.7 Å². The van der Waals surface area contributed by atoms with Gasteiger partial charge in [0.25, 0.3) is 5.91 Å². The van der Waals surface area contributed by atoms with Crippen LogP contribution in [-0.2, 0) is 6.42 Å². The first-order valence-corrected chi connectivity index (χ1v) is 8.16. The van der Waals surface area contributed by atoms with Crippen molar-refractivity contribution in [2.75, 3.05) is 13.1 Å². The van der Waals surface area contributed by atoms with Crippen molar-refractivity contribution in [2.24, 2.45) is 5.92 Å². The van der Waals surface area contributed by atoms with E-state index in [1.165, 1.54) is 6.20 Å². The van der Waals surface area contributed by atoms with Gasteiger partial charge in [-0.15, -0.1) is 10.2 Å². The van der Waals surface area contributed by atoms with E-state index < -0.39 is 0 Å². The molecule has 7 nitrogen and oxygen atoms in total. The number of hydrogen-bond donors (Lipinski definition) is 0. The molecule has 24 heavy (non-hydrogen) atoms. The fourth-order valence-corrected chi connectivity index (χ4v) is 3.30. The van der Waals surface area contributed by atoms with E-state index in [4.69, 9.17) is 0 Å². The molecule has 0 spiro atoms. The number of pyridine rings is 1. The molecule has 7 heteroatoms. The molecule has 1 atom stereocenters. The van der Waals surface area contributed by atoms with Gasteiger partial charge in [-0.1, -0.05) is 6.07 Å². The van der Waals surface area contributed by atoms with Gasteiger partial charge in [-0.05, 0) is 37.0 Å². The quantitative estimate of drug-likeness (QED) is 0.732. The molecule has 0 bridgehead atoms. The summed E-state index contributed by atoms with van der Waals surface area (Å²) in [7, 11) is 0. The molecule has 4 heterocycles. The van der Waals surface area contributed by atoms with Gasteiger partial charge in [-0.25, -0.2) is 0 Å². The lowest BCUT2D eigenvalue weighted by molar-refractivity contribution is 0.0671. The van der Waals surface area contributed by atoms with Crippen LogP contribution in [0.5, 0.6) is 0 Å². The molecular formula is C17H18N6O. The summed E-state index contributed by atoms with van der Waals surface area (Å²) in [6.07, 6.45) is 7.99. The maximum absolute atomic E-state index is 12.6. The number of carbonyl (C=O) groups excluding carboxylic acids is 1.